The standard InChI is InChI=1S/C25H26N2O3/c1-2-19-11-8-12-21(17-19)30-18-24(28)27-23-14-7-6-13-22(23)25(29)26-16-15-20-9-4-3-5-10-20/h3-14,17H,2,15-16,18H2,1H3,(H,26,29)(H,27,28). The van der Waals surface area contributed by atoms with E-state index < -0.39 is 0 Å². The summed E-state index contributed by atoms with van der Waals surface area (Å²) in [5.41, 5.74) is 3.19. The summed E-state index contributed by atoms with van der Waals surface area (Å²) in [5, 5.41) is 5.68. The molecule has 0 heterocycles. The summed E-state index contributed by atoms with van der Waals surface area (Å²) in [4.78, 5) is 24.9. The van der Waals surface area contributed by atoms with Crippen LogP contribution in [0.25, 0.3) is 0 Å². The fourth-order valence-corrected chi connectivity index (χ4v) is 3.04. The molecule has 0 aliphatic rings. The molecule has 0 spiro atoms. The van der Waals surface area contributed by atoms with Crippen LogP contribution in [0, 0.1) is 0 Å². The summed E-state index contributed by atoms with van der Waals surface area (Å²) in [6.07, 6.45) is 1.64. The van der Waals surface area contributed by atoms with E-state index in [1.54, 1.807) is 24.3 Å². The Morgan fingerprint density at radius 1 is 0.867 bits per heavy atom. The van der Waals surface area contributed by atoms with Crippen molar-refractivity contribution in [2.75, 3.05) is 18.5 Å². The number of ether oxygens (including phenoxy) is 1. The molecule has 154 valence electrons. The van der Waals surface area contributed by atoms with Crippen molar-refractivity contribution in [1.29, 1.82) is 0 Å². The van der Waals surface area contributed by atoms with E-state index in [1.165, 1.54) is 0 Å². The fraction of sp³-hybridized carbons (Fsp3) is 0.200. The van der Waals surface area contributed by atoms with Crippen LogP contribution in [0.5, 0.6) is 5.75 Å². The predicted molar refractivity (Wildman–Crippen MR) is 119 cm³/mol. The molecular weight excluding hydrogens is 376 g/mol. The van der Waals surface area contributed by atoms with E-state index >= 15 is 0 Å². The highest BCUT2D eigenvalue weighted by molar-refractivity contribution is 6.04. The SMILES string of the molecule is CCc1cccc(OCC(=O)Nc2ccccc2C(=O)NCCc2ccccc2)c1. The average Bonchev–Trinajstić information content (AvgIpc) is 2.79. The number of nitrogens with one attached hydrogen (secondary N) is 2. The van der Waals surface area contributed by atoms with Crippen molar-refractivity contribution in [2.45, 2.75) is 19.8 Å². The van der Waals surface area contributed by atoms with Crippen LogP contribution in [0.4, 0.5) is 5.69 Å². The molecule has 5 heteroatoms. The van der Waals surface area contributed by atoms with Crippen molar-refractivity contribution in [2.24, 2.45) is 0 Å². The Balaban J connectivity index is 1.54. The second-order valence-corrected chi connectivity index (χ2v) is 6.87. The van der Waals surface area contributed by atoms with Gasteiger partial charge in [-0.25, -0.2) is 0 Å². The van der Waals surface area contributed by atoms with Gasteiger partial charge in [-0.15, -0.1) is 0 Å². The van der Waals surface area contributed by atoms with Gasteiger partial charge in [0.2, 0.25) is 0 Å². The Morgan fingerprint density at radius 3 is 2.40 bits per heavy atom. The first kappa shape index (κ1) is 21.1. The van der Waals surface area contributed by atoms with Crippen molar-refractivity contribution in [3.63, 3.8) is 0 Å². The van der Waals surface area contributed by atoms with E-state index in [0.29, 0.717) is 23.5 Å². The van der Waals surface area contributed by atoms with Crippen LogP contribution in [0.1, 0.15) is 28.4 Å². The zero-order chi connectivity index (χ0) is 21.2. The molecule has 0 saturated heterocycles. The third-order valence-electron chi connectivity index (χ3n) is 4.66. The number of aryl methyl sites for hydroxylation is 1. The second kappa shape index (κ2) is 10.8. The van der Waals surface area contributed by atoms with Gasteiger partial charge >= 0.3 is 0 Å². The lowest BCUT2D eigenvalue weighted by molar-refractivity contribution is -0.118. The highest BCUT2D eigenvalue weighted by Crippen LogP contribution is 2.16. The number of amides is 2. The first-order valence-corrected chi connectivity index (χ1v) is 10.1. The second-order valence-electron chi connectivity index (χ2n) is 6.87. The number of rotatable bonds is 9. The minimum atomic E-state index is -0.318. The molecule has 0 aromatic heterocycles. The third-order valence-corrected chi connectivity index (χ3v) is 4.66. The lowest BCUT2D eigenvalue weighted by Crippen LogP contribution is -2.28. The third kappa shape index (κ3) is 6.21. The summed E-state index contributed by atoms with van der Waals surface area (Å²) < 4.78 is 5.58. The lowest BCUT2D eigenvalue weighted by atomic mass is 10.1. The molecule has 2 N–H and O–H groups in total. The number of anilines is 1. The molecule has 0 fully saturated rings. The molecule has 0 aliphatic carbocycles. The van der Waals surface area contributed by atoms with Gasteiger partial charge in [0.1, 0.15) is 5.75 Å². The number of carbonyl (C=O) groups excluding carboxylic acids is 2. The number of para-hydroxylation sites is 1. The highest BCUT2D eigenvalue weighted by atomic mass is 16.5. The average molecular weight is 402 g/mol. The van der Waals surface area contributed by atoms with Gasteiger partial charge < -0.3 is 15.4 Å². The zero-order valence-corrected chi connectivity index (χ0v) is 17.1. The maximum Gasteiger partial charge on any atom is 0.262 e. The molecule has 2 amide bonds. The van der Waals surface area contributed by atoms with Gasteiger partial charge in [0, 0.05) is 6.54 Å². The quantitative estimate of drug-likeness (QED) is 0.563. The Labute approximate surface area is 177 Å². The van der Waals surface area contributed by atoms with Gasteiger partial charge in [-0.05, 0) is 48.2 Å². The molecule has 0 aliphatic heterocycles. The largest absolute Gasteiger partial charge is 0.484 e. The summed E-state index contributed by atoms with van der Waals surface area (Å²) >= 11 is 0. The van der Waals surface area contributed by atoms with Crippen LogP contribution >= 0.6 is 0 Å². The number of benzene rings is 3. The summed E-state index contributed by atoms with van der Waals surface area (Å²) in [6.45, 7) is 2.45. The van der Waals surface area contributed by atoms with Crippen molar-refractivity contribution in [3.05, 3.63) is 95.6 Å². The van der Waals surface area contributed by atoms with Crippen molar-refractivity contribution >= 4 is 17.5 Å². The van der Waals surface area contributed by atoms with Crippen LogP contribution in [0.2, 0.25) is 0 Å². The first-order valence-electron chi connectivity index (χ1n) is 10.1. The Bertz CT molecular complexity index is 986. The van der Waals surface area contributed by atoms with Gasteiger partial charge in [-0.1, -0.05) is 61.5 Å². The van der Waals surface area contributed by atoms with E-state index in [0.717, 1.165) is 24.0 Å². The van der Waals surface area contributed by atoms with Crippen molar-refractivity contribution < 1.29 is 14.3 Å². The minimum Gasteiger partial charge on any atom is -0.484 e. The molecule has 0 saturated carbocycles. The Hall–Kier alpha value is -3.60. The molecule has 3 aromatic carbocycles. The zero-order valence-electron chi connectivity index (χ0n) is 17.1. The minimum absolute atomic E-state index is 0.128. The van der Waals surface area contributed by atoms with Crippen LogP contribution in [0.3, 0.4) is 0 Å². The smallest absolute Gasteiger partial charge is 0.262 e. The molecule has 0 radical (unpaired) electrons. The van der Waals surface area contributed by atoms with Gasteiger partial charge in [0.05, 0.1) is 11.3 Å². The van der Waals surface area contributed by atoms with Crippen molar-refractivity contribution in [3.8, 4) is 5.75 Å². The van der Waals surface area contributed by atoms with E-state index in [-0.39, 0.29) is 18.4 Å². The summed E-state index contributed by atoms with van der Waals surface area (Å²) in [6, 6.07) is 24.6. The van der Waals surface area contributed by atoms with Gasteiger partial charge in [0.15, 0.2) is 6.61 Å². The number of carbonyl (C=O) groups is 2. The normalized spacial score (nSPS) is 10.3. The van der Waals surface area contributed by atoms with Gasteiger partial charge in [-0.2, -0.15) is 0 Å². The van der Waals surface area contributed by atoms with Crippen LogP contribution < -0.4 is 15.4 Å². The van der Waals surface area contributed by atoms with Gasteiger partial charge in [-0.3, -0.25) is 9.59 Å². The summed E-state index contributed by atoms with van der Waals surface area (Å²) in [5.74, 6) is 0.108. The lowest BCUT2D eigenvalue weighted by Gasteiger charge is -2.12. The highest BCUT2D eigenvalue weighted by Gasteiger charge is 2.13. The fourth-order valence-electron chi connectivity index (χ4n) is 3.04. The molecular formula is C25H26N2O3. The number of hydrogen-bond acceptors (Lipinski definition) is 3. The van der Waals surface area contributed by atoms with Crippen LogP contribution in [0.15, 0.2) is 78.9 Å². The maximum atomic E-state index is 12.6. The van der Waals surface area contributed by atoms with E-state index in [1.807, 2.05) is 54.6 Å². The monoisotopic (exact) mass is 402 g/mol. The molecule has 3 aromatic rings. The van der Waals surface area contributed by atoms with Crippen molar-refractivity contribution in [1.82, 2.24) is 5.32 Å². The predicted octanol–water partition coefficient (Wildman–Crippen LogP) is 4.24. The number of hydrogen-bond donors (Lipinski definition) is 2. The molecule has 5 nitrogen and oxygen atoms in total. The van der Waals surface area contributed by atoms with E-state index in [9.17, 15) is 9.59 Å². The Kier molecular flexibility index (Phi) is 7.61. The molecule has 30 heavy (non-hydrogen) atoms. The van der Waals surface area contributed by atoms with E-state index in [4.69, 9.17) is 4.74 Å². The maximum absolute atomic E-state index is 12.6. The molecule has 0 unspecified atom stereocenters. The van der Waals surface area contributed by atoms with Gasteiger partial charge in [0.25, 0.3) is 11.8 Å². The molecule has 3 rings (SSSR count). The molecule has 0 bridgehead atoms. The van der Waals surface area contributed by atoms with Crippen LogP contribution in [-0.2, 0) is 17.6 Å². The first-order chi connectivity index (χ1) is 14.7. The summed E-state index contributed by atoms with van der Waals surface area (Å²) in [7, 11) is 0. The molecule has 0 atom stereocenters. The topological polar surface area (TPSA) is 67.4 Å². The van der Waals surface area contributed by atoms with Crippen LogP contribution in [-0.4, -0.2) is 25.0 Å². The van der Waals surface area contributed by atoms with E-state index in [2.05, 4.69) is 17.6 Å². The Morgan fingerprint density at radius 2 is 1.60 bits per heavy atom.